The number of carbonyl (C=O) groups is 2. The summed E-state index contributed by atoms with van der Waals surface area (Å²) < 4.78 is 52.9. The van der Waals surface area contributed by atoms with Crippen molar-refractivity contribution in [1.82, 2.24) is 0 Å². The van der Waals surface area contributed by atoms with Crippen LogP contribution in [0.4, 0.5) is 0 Å². The van der Waals surface area contributed by atoms with Gasteiger partial charge in [-0.25, -0.2) is 9.13 Å². The largest absolute Gasteiger partial charge is 0.472 e. The van der Waals surface area contributed by atoms with Crippen molar-refractivity contribution in [2.45, 2.75) is 225 Å². The zero-order valence-corrected chi connectivity index (χ0v) is 41.5. The second-order valence-electron chi connectivity index (χ2n) is 16.8. The number of allylic oxidation sites excluding steroid dienone is 4. The third kappa shape index (κ3) is 45.7. The number of unbranched alkanes of at least 4 members (excludes halogenated alkanes) is 24. The van der Waals surface area contributed by atoms with Gasteiger partial charge >= 0.3 is 27.6 Å². The Balaban J connectivity index is 3.88. The van der Waals surface area contributed by atoms with Crippen molar-refractivity contribution in [3.8, 4) is 0 Å². The van der Waals surface area contributed by atoms with Crippen molar-refractivity contribution >= 4 is 27.6 Å². The average molecular weight is 957 g/mol. The van der Waals surface area contributed by atoms with Crippen LogP contribution in [0.1, 0.15) is 206 Å². The summed E-state index contributed by atoms with van der Waals surface area (Å²) in [5.41, 5.74) is 0. The first kappa shape index (κ1) is 62.5. The summed E-state index contributed by atoms with van der Waals surface area (Å²) in [5, 5.41) is 30.0. The molecule has 0 saturated carbocycles. The lowest BCUT2D eigenvalue weighted by Gasteiger charge is -2.19. The van der Waals surface area contributed by atoms with Gasteiger partial charge in [-0.3, -0.25) is 27.7 Å². The highest BCUT2D eigenvalue weighted by Gasteiger charge is 2.28. The van der Waals surface area contributed by atoms with Gasteiger partial charge in [0.25, 0.3) is 0 Å². The summed E-state index contributed by atoms with van der Waals surface area (Å²) in [6.45, 7) is 0.372. The minimum absolute atomic E-state index is 0.0919. The van der Waals surface area contributed by atoms with Crippen molar-refractivity contribution < 1.29 is 71.4 Å². The zero-order valence-electron chi connectivity index (χ0n) is 39.7. The van der Waals surface area contributed by atoms with E-state index in [1.54, 1.807) is 0 Å². The monoisotopic (exact) mass is 957 g/mol. The van der Waals surface area contributed by atoms with Gasteiger partial charge in [-0.1, -0.05) is 186 Å². The minimum Gasteiger partial charge on any atom is -0.463 e. The van der Waals surface area contributed by atoms with E-state index >= 15 is 0 Å². The van der Waals surface area contributed by atoms with E-state index in [9.17, 15) is 43.8 Å². The highest BCUT2D eigenvalue weighted by atomic mass is 31.2. The van der Waals surface area contributed by atoms with E-state index in [1.807, 2.05) is 12.2 Å². The lowest BCUT2D eigenvalue weighted by atomic mass is 10.0. The van der Waals surface area contributed by atoms with Crippen molar-refractivity contribution in [3.63, 3.8) is 0 Å². The molecule has 0 aromatic heterocycles. The number of carbonyl (C=O) groups excluding carboxylic acids is 2. The van der Waals surface area contributed by atoms with Gasteiger partial charge in [0, 0.05) is 12.8 Å². The third-order valence-electron chi connectivity index (χ3n) is 10.4. The van der Waals surface area contributed by atoms with Gasteiger partial charge in [0.05, 0.1) is 26.4 Å². The molecule has 0 radical (unpaired) electrons. The van der Waals surface area contributed by atoms with Crippen LogP contribution < -0.4 is 0 Å². The molecule has 5 unspecified atom stereocenters. The van der Waals surface area contributed by atoms with E-state index < -0.39 is 85.5 Å². The Morgan fingerprint density at radius 2 is 0.703 bits per heavy atom. The quantitative estimate of drug-likeness (QED) is 0.0165. The van der Waals surface area contributed by atoms with Crippen LogP contribution in [0.5, 0.6) is 0 Å². The molecular formula is C47H90O15P2. The number of phosphoric ester groups is 2. The maximum atomic E-state index is 12.2. The molecule has 0 saturated heterocycles. The molecular weight excluding hydrogens is 866 g/mol. The number of aliphatic hydroxyl groups is 3. The van der Waals surface area contributed by atoms with Crippen LogP contribution >= 0.6 is 15.6 Å². The Bertz CT molecular complexity index is 1250. The normalized spacial score (nSPS) is 15.3. The predicted molar refractivity (Wildman–Crippen MR) is 252 cm³/mol. The summed E-state index contributed by atoms with van der Waals surface area (Å²) in [6, 6.07) is 0. The van der Waals surface area contributed by atoms with Crippen molar-refractivity contribution in [2.75, 3.05) is 39.6 Å². The van der Waals surface area contributed by atoms with Crippen LogP contribution in [-0.4, -0.2) is 95.0 Å². The van der Waals surface area contributed by atoms with Gasteiger partial charge in [0.15, 0.2) is 0 Å². The third-order valence-corrected chi connectivity index (χ3v) is 12.3. The fourth-order valence-electron chi connectivity index (χ4n) is 6.56. The molecule has 0 aromatic carbocycles. The molecule has 0 aromatic rings. The van der Waals surface area contributed by atoms with Crippen LogP contribution in [0.15, 0.2) is 24.3 Å². The van der Waals surface area contributed by atoms with E-state index in [-0.39, 0.29) is 12.8 Å². The van der Waals surface area contributed by atoms with Gasteiger partial charge in [0.1, 0.15) is 31.5 Å². The highest BCUT2D eigenvalue weighted by molar-refractivity contribution is 7.47. The van der Waals surface area contributed by atoms with Crippen LogP contribution in [-0.2, 0) is 46.3 Å². The molecule has 5 N–H and O–H groups in total. The molecule has 0 heterocycles. The Kier molecular flexibility index (Phi) is 43.0. The van der Waals surface area contributed by atoms with E-state index in [2.05, 4.69) is 44.1 Å². The summed E-state index contributed by atoms with van der Waals surface area (Å²) in [4.78, 5) is 43.7. The van der Waals surface area contributed by atoms with Crippen LogP contribution in [0.25, 0.3) is 0 Å². The Morgan fingerprint density at radius 3 is 1.08 bits per heavy atom. The number of ether oxygens (including phenoxy) is 2. The standard InChI is InChI=1S/C47H90O15P2/c1-3-5-7-9-11-13-15-17-18-19-20-21-22-24-26-28-30-32-34-36-47(52)58-38-44(49)40-60-64(55,56)62-42-45(50)41-61-63(53,54)59-39-43(48)37-57-46(51)35-33-31-29-27-25-23-16-14-12-10-8-6-4-2/h23,25,29,31,43-45,48-50H,3-22,24,26-28,30,32-42H2,1-2H3,(H,53,54)(H,55,56)/b25-23-,31-29+. The van der Waals surface area contributed by atoms with Crippen LogP contribution in [0.3, 0.4) is 0 Å². The van der Waals surface area contributed by atoms with Crippen molar-refractivity contribution in [1.29, 1.82) is 0 Å². The molecule has 0 aliphatic rings. The molecule has 17 heteroatoms. The van der Waals surface area contributed by atoms with Gasteiger partial charge < -0.3 is 34.6 Å². The Morgan fingerprint density at radius 1 is 0.406 bits per heavy atom. The van der Waals surface area contributed by atoms with Gasteiger partial charge in [-0.15, -0.1) is 0 Å². The fraction of sp³-hybridized carbons (Fsp3) is 0.872. The summed E-state index contributed by atoms with van der Waals surface area (Å²) >= 11 is 0. The number of phosphoric acid groups is 2. The highest BCUT2D eigenvalue weighted by Crippen LogP contribution is 2.45. The van der Waals surface area contributed by atoms with E-state index in [1.165, 1.54) is 135 Å². The van der Waals surface area contributed by atoms with E-state index in [0.717, 1.165) is 32.1 Å². The molecule has 5 atom stereocenters. The summed E-state index contributed by atoms with van der Waals surface area (Å²) in [5.74, 6) is -1.06. The van der Waals surface area contributed by atoms with Gasteiger partial charge in [-0.05, 0) is 32.1 Å². The van der Waals surface area contributed by atoms with Crippen molar-refractivity contribution in [3.05, 3.63) is 24.3 Å². The molecule has 0 aliphatic heterocycles. The van der Waals surface area contributed by atoms with Gasteiger partial charge in [-0.2, -0.15) is 0 Å². The first-order valence-corrected chi connectivity index (χ1v) is 27.7. The number of hydrogen-bond donors (Lipinski definition) is 5. The van der Waals surface area contributed by atoms with E-state index in [4.69, 9.17) is 9.47 Å². The SMILES string of the molecule is CCCCCCCC/C=C\C/C=C/CCC(=O)OCC(O)COP(=O)(O)OCC(O)COP(=O)(O)OCC(O)COC(=O)CCCCCCCCCCCCCCCCCCCCC. The molecule has 0 fully saturated rings. The Hall–Kier alpha value is -1.48. The second kappa shape index (κ2) is 44.1. The number of hydrogen-bond acceptors (Lipinski definition) is 13. The molecule has 0 bridgehead atoms. The molecule has 64 heavy (non-hydrogen) atoms. The smallest absolute Gasteiger partial charge is 0.463 e. The predicted octanol–water partition coefficient (Wildman–Crippen LogP) is 11.3. The molecule has 15 nitrogen and oxygen atoms in total. The first-order valence-electron chi connectivity index (χ1n) is 24.7. The van der Waals surface area contributed by atoms with Crippen LogP contribution in [0, 0.1) is 0 Å². The zero-order chi connectivity index (χ0) is 47.4. The number of esters is 2. The Labute approximate surface area is 386 Å². The molecule has 0 aliphatic carbocycles. The van der Waals surface area contributed by atoms with Gasteiger partial charge in [0.2, 0.25) is 0 Å². The van der Waals surface area contributed by atoms with Crippen molar-refractivity contribution in [2.24, 2.45) is 0 Å². The average Bonchev–Trinajstić information content (AvgIpc) is 3.27. The maximum absolute atomic E-state index is 12.2. The topological polar surface area (TPSA) is 225 Å². The molecule has 0 spiro atoms. The number of rotatable bonds is 48. The first-order chi connectivity index (χ1) is 30.8. The number of aliphatic hydroxyl groups excluding tert-OH is 3. The lowest BCUT2D eigenvalue weighted by molar-refractivity contribution is -0.148. The minimum atomic E-state index is -4.79. The molecule has 0 rings (SSSR count). The molecule has 378 valence electrons. The van der Waals surface area contributed by atoms with E-state index in [0.29, 0.717) is 12.8 Å². The van der Waals surface area contributed by atoms with Crippen LogP contribution in [0.2, 0.25) is 0 Å². The summed E-state index contributed by atoms with van der Waals surface area (Å²) in [6.07, 6.45) is 37.6. The molecule has 0 amide bonds. The fourth-order valence-corrected chi connectivity index (χ4v) is 8.15. The lowest BCUT2D eigenvalue weighted by Crippen LogP contribution is -2.25. The maximum Gasteiger partial charge on any atom is 0.472 e. The second-order valence-corrected chi connectivity index (χ2v) is 19.7. The summed E-state index contributed by atoms with van der Waals surface area (Å²) in [7, 11) is -9.58.